The molecule has 0 aromatic rings. The monoisotopic (exact) mass is 528 g/mol. The van der Waals surface area contributed by atoms with Crippen LogP contribution >= 0.6 is 0 Å². The minimum absolute atomic E-state index is 0.342. The maximum absolute atomic E-state index is 14.0. The summed E-state index contributed by atoms with van der Waals surface area (Å²) in [5.74, 6) is -33.8. The van der Waals surface area contributed by atoms with Gasteiger partial charge >= 0.3 is 47.6 Å². The van der Waals surface area contributed by atoms with Gasteiger partial charge < -0.3 is 4.74 Å². The van der Waals surface area contributed by atoms with E-state index in [9.17, 15) is 83.4 Å². The lowest BCUT2D eigenvalue weighted by Gasteiger charge is -2.47. The fourth-order valence-electron chi connectivity index (χ4n) is 2.16. The van der Waals surface area contributed by atoms with E-state index < -0.39 is 66.6 Å². The van der Waals surface area contributed by atoms with Gasteiger partial charge in [-0.2, -0.15) is 65.9 Å². The molecule has 0 fully saturated rings. The number of rotatable bonds is 8. The van der Waals surface area contributed by atoms with Gasteiger partial charge in [0.1, 0.15) is 0 Å². The number of alkyl halides is 19. The predicted octanol–water partition coefficient (Wildman–Crippen LogP) is 6.67. The molecule has 0 amide bonds. The van der Waals surface area contributed by atoms with Crippen molar-refractivity contribution in [1.29, 1.82) is 0 Å². The van der Waals surface area contributed by atoms with Gasteiger partial charge in [0.25, 0.3) is 5.92 Å². The molecule has 0 aliphatic heterocycles. The first-order valence-electron chi connectivity index (χ1n) is 7.14. The fraction of sp³-hybridized carbons (Fsp3) is 1.00. The van der Waals surface area contributed by atoms with Crippen molar-refractivity contribution >= 4 is 0 Å². The van der Waals surface area contributed by atoms with E-state index in [4.69, 9.17) is 0 Å². The SMILES string of the molecule is COCCC(F)(F)C(F)(C(F)(F)F)C(F)(F)C(F)(F)C(F)(F)C(F)(C(F)(F)F)C(F)(F)F. The van der Waals surface area contributed by atoms with Crippen LogP contribution in [0.1, 0.15) is 6.42 Å². The summed E-state index contributed by atoms with van der Waals surface area (Å²) in [6.45, 7) is -1.88. The van der Waals surface area contributed by atoms with E-state index in [0.29, 0.717) is 7.11 Å². The quantitative estimate of drug-likeness (QED) is 0.320. The van der Waals surface area contributed by atoms with E-state index in [-0.39, 0.29) is 0 Å². The van der Waals surface area contributed by atoms with Crippen LogP contribution in [0.4, 0.5) is 83.4 Å². The molecule has 0 bridgehead atoms. The van der Waals surface area contributed by atoms with E-state index in [1.807, 2.05) is 0 Å². The Morgan fingerprint density at radius 2 is 0.719 bits per heavy atom. The van der Waals surface area contributed by atoms with Crippen molar-refractivity contribution in [3.63, 3.8) is 0 Å². The number of methoxy groups -OCH3 is 1. The Morgan fingerprint density at radius 3 is 0.969 bits per heavy atom. The predicted molar refractivity (Wildman–Crippen MR) is 62.1 cm³/mol. The third-order valence-electron chi connectivity index (χ3n) is 3.95. The van der Waals surface area contributed by atoms with Gasteiger partial charge in [0.05, 0.1) is 6.61 Å². The van der Waals surface area contributed by atoms with E-state index >= 15 is 0 Å². The molecule has 0 spiro atoms. The Kier molecular flexibility index (Phi) is 7.51. The highest BCUT2D eigenvalue weighted by atomic mass is 19.4. The first kappa shape index (κ1) is 30.6. The Hall–Kier alpha value is -1.37. The molecule has 20 heteroatoms. The van der Waals surface area contributed by atoms with E-state index in [2.05, 4.69) is 4.74 Å². The van der Waals surface area contributed by atoms with E-state index in [1.54, 1.807) is 0 Å². The first-order chi connectivity index (χ1) is 13.6. The average Bonchev–Trinajstić information content (AvgIpc) is 2.54. The first-order valence-corrected chi connectivity index (χ1v) is 7.14. The molecular weight excluding hydrogens is 521 g/mol. The third-order valence-corrected chi connectivity index (χ3v) is 3.95. The summed E-state index contributed by atoms with van der Waals surface area (Å²) >= 11 is 0. The maximum Gasteiger partial charge on any atom is 0.438 e. The highest BCUT2D eigenvalue weighted by Crippen LogP contribution is 2.67. The number of hydrogen-bond donors (Lipinski definition) is 0. The van der Waals surface area contributed by atoms with Crippen LogP contribution in [0.2, 0.25) is 0 Å². The van der Waals surface area contributed by atoms with Crippen molar-refractivity contribution in [2.24, 2.45) is 0 Å². The van der Waals surface area contributed by atoms with Crippen LogP contribution in [0, 0.1) is 0 Å². The molecule has 1 atom stereocenters. The summed E-state index contributed by atoms with van der Waals surface area (Å²) in [5, 5.41) is 0. The van der Waals surface area contributed by atoms with Crippen molar-refractivity contribution in [1.82, 2.24) is 0 Å². The second-order valence-corrected chi connectivity index (χ2v) is 5.98. The lowest BCUT2D eigenvalue weighted by molar-refractivity contribution is -0.472. The summed E-state index contributed by atoms with van der Waals surface area (Å²) in [6, 6.07) is 0. The lowest BCUT2D eigenvalue weighted by Crippen LogP contribution is -2.79. The van der Waals surface area contributed by atoms with Gasteiger partial charge in [-0.15, -0.1) is 0 Å². The van der Waals surface area contributed by atoms with Gasteiger partial charge in [0, 0.05) is 13.5 Å². The van der Waals surface area contributed by atoms with E-state index in [1.165, 1.54) is 0 Å². The normalized spacial score (nSPS) is 18.0. The topological polar surface area (TPSA) is 9.23 Å². The van der Waals surface area contributed by atoms with Crippen molar-refractivity contribution in [3.05, 3.63) is 0 Å². The highest BCUT2D eigenvalue weighted by Gasteiger charge is 2.99. The molecule has 0 radical (unpaired) electrons. The van der Waals surface area contributed by atoms with Crippen LogP contribution in [0.5, 0.6) is 0 Å². The van der Waals surface area contributed by atoms with Crippen LogP contribution in [-0.4, -0.2) is 67.3 Å². The third kappa shape index (κ3) is 3.82. The van der Waals surface area contributed by atoms with Gasteiger partial charge in [-0.05, 0) is 0 Å². The second kappa shape index (κ2) is 7.85. The fourth-order valence-corrected chi connectivity index (χ4v) is 2.16. The zero-order valence-electron chi connectivity index (χ0n) is 14.5. The maximum atomic E-state index is 14.0. The average molecular weight is 528 g/mol. The molecule has 0 aliphatic rings. The van der Waals surface area contributed by atoms with Crippen LogP contribution in [0.25, 0.3) is 0 Å². The summed E-state index contributed by atoms with van der Waals surface area (Å²) in [4.78, 5) is 0. The molecule has 1 nitrogen and oxygen atoms in total. The Balaban J connectivity index is 7.31. The molecule has 0 saturated heterocycles. The van der Waals surface area contributed by atoms with Crippen molar-refractivity contribution in [2.75, 3.05) is 13.7 Å². The van der Waals surface area contributed by atoms with E-state index in [0.717, 1.165) is 0 Å². The van der Waals surface area contributed by atoms with Gasteiger partial charge in [0.15, 0.2) is 0 Å². The van der Waals surface area contributed by atoms with Crippen LogP contribution in [0.3, 0.4) is 0 Å². The van der Waals surface area contributed by atoms with Gasteiger partial charge in [-0.3, -0.25) is 0 Å². The largest absolute Gasteiger partial charge is 0.438 e. The lowest BCUT2D eigenvalue weighted by atomic mass is 9.78. The molecule has 0 saturated carbocycles. The van der Waals surface area contributed by atoms with Gasteiger partial charge in [-0.25, -0.2) is 17.6 Å². The molecule has 0 rings (SSSR count). The number of halogens is 19. The van der Waals surface area contributed by atoms with Crippen molar-refractivity contribution < 1.29 is 88.2 Å². The zero-order chi connectivity index (χ0) is 26.6. The minimum atomic E-state index is -9.01. The van der Waals surface area contributed by atoms with Crippen LogP contribution in [-0.2, 0) is 4.74 Å². The molecule has 1 unspecified atom stereocenters. The second-order valence-electron chi connectivity index (χ2n) is 5.98. The van der Waals surface area contributed by atoms with Gasteiger partial charge in [-0.1, -0.05) is 0 Å². The molecular formula is C12H7F19O. The minimum Gasteiger partial charge on any atom is -0.384 e. The Labute approximate surface area is 163 Å². The summed E-state index contributed by atoms with van der Waals surface area (Å²) in [5.41, 5.74) is -17.0. The molecule has 0 N–H and O–H groups in total. The highest BCUT2D eigenvalue weighted by molar-refractivity contribution is 5.21. The summed E-state index contributed by atoms with van der Waals surface area (Å²) in [6.07, 6.45) is -27.6. The Morgan fingerprint density at radius 1 is 0.438 bits per heavy atom. The van der Waals surface area contributed by atoms with Crippen molar-refractivity contribution in [3.8, 4) is 0 Å². The Bertz CT molecular complexity index is 641. The standard InChI is InChI=1S/C12H7F19O/c1-32-3-2-4(13,14)5(15,10(23,24)25)7(17,18)9(21,22)8(19,20)6(16,11(26,27)28)12(29,30)31/h2-3H2,1H3. The van der Waals surface area contributed by atoms with Crippen LogP contribution in [0.15, 0.2) is 0 Å². The summed E-state index contributed by atoms with van der Waals surface area (Å²) < 4.78 is 252. The number of hydrogen-bond acceptors (Lipinski definition) is 1. The van der Waals surface area contributed by atoms with Crippen molar-refractivity contribution in [2.45, 2.75) is 60.0 Å². The molecule has 0 aliphatic carbocycles. The smallest absolute Gasteiger partial charge is 0.384 e. The molecule has 0 heterocycles. The molecule has 32 heavy (non-hydrogen) atoms. The number of ether oxygens (including phenoxy) is 1. The summed E-state index contributed by atoms with van der Waals surface area (Å²) in [7, 11) is 0.342. The van der Waals surface area contributed by atoms with Gasteiger partial charge in [0.2, 0.25) is 0 Å². The van der Waals surface area contributed by atoms with Crippen LogP contribution < -0.4 is 0 Å². The molecule has 0 aromatic carbocycles. The molecule has 194 valence electrons. The zero-order valence-corrected chi connectivity index (χ0v) is 14.5. The molecule has 0 aromatic heterocycles.